The highest BCUT2D eigenvalue weighted by molar-refractivity contribution is 6.10. The zero-order valence-corrected chi connectivity index (χ0v) is 28.3. The number of ether oxygens (including phenoxy) is 2. The Morgan fingerprint density at radius 2 is 1.48 bits per heavy atom. The number of hydrogen-bond donors (Lipinski definition) is 8. The second-order valence-corrected chi connectivity index (χ2v) is 13.9. The number of ketones is 2. The molecular weight excluding hydrogens is 672 g/mol. The fourth-order valence-corrected chi connectivity index (χ4v) is 7.81. The van der Waals surface area contributed by atoms with Gasteiger partial charge in [-0.25, -0.2) is 0 Å². The highest BCUT2D eigenvalue weighted by Gasteiger charge is 2.70. The minimum Gasteiger partial charge on any atom is -0.508 e. The summed E-state index contributed by atoms with van der Waals surface area (Å²) in [6.07, 6.45) is 3.28. The predicted octanol–water partition coefficient (Wildman–Crippen LogP) is 6.25. The van der Waals surface area contributed by atoms with Crippen molar-refractivity contribution in [3.63, 3.8) is 0 Å². The first-order valence-corrected chi connectivity index (χ1v) is 16.5. The summed E-state index contributed by atoms with van der Waals surface area (Å²) < 4.78 is 12.3. The Balaban J connectivity index is 1.44. The molecule has 12 nitrogen and oxygen atoms in total. The molecule has 268 valence electrons. The molecule has 4 aromatic rings. The minimum atomic E-state index is -2.45. The SMILES string of the molecule is CC(C)=CCC12Oc3cc(O)ccc3C1(O)Oc1cc(O)c([C@@H]3C=C(C)C[C@H](c4ccc(O)cc4O)[C@H]3C(=O)c3ccc(O)cc3O)c(O)c1C2=O. The molecule has 0 aromatic heterocycles. The standard InChI is InChI=1S/C40H36O12/c1-18(2)10-11-39-38(49)35-32(52-40(39,50)27-9-6-22(43)16-31(27)51-39)17-30(46)34(37(35)48)26-13-19(3)12-25(23-7-4-20(41)14-28(23)44)33(26)36(47)24-8-5-21(42)15-29(24)45/h4-10,13-17,25-26,33,41-46,48,50H,11-12H2,1-3H3/t25-,26-,33-,39?,40?/m1/s1. The van der Waals surface area contributed by atoms with Crippen molar-refractivity contribution < 1.29 is 59.9 Å². The van der Waals surface area contributed by atoms with E-state index in [1.165, 1.54) is 42.5 Å². The van der Waals surface area contributed by atoms with Crippen molar-refractivity contribution in [1.29, 1.82) is 0 Å². The molecule has 5 atom stereocenters. The molecule has 0 bridgehead atoms. The van der Waals surface area contributed by atoms with E-state index in [1.54, 1.807) is 32.9 Å². The third-order valence-electron chi connectivity index (χ3n) is 10.2. The van der Waals surface area contributed by atoms with E-state index in [0.29, 0.717) is 5.57 Å². The Bertz CT molecular complexity index is 2250. The first-order valence-electron chi connectivity index (χ1n) is 16.5. The van der Waals surface area contributed by atoms with Crippen LogP contribution in [0.3, 0.4) is 0 Å². The fraction of sp³-hybridized carbons (Fsp3) is 0.250. The van der Waals surface area contributed by atoms with Crippen LogP contribution in [0, 0.1) is 5.92 Å². The number of carbonyl (C=O) groups is 2. The molecular formula is C40H36O12. The third kappa shape index (κ3) is 5.09. The topological polar surface area (TPSA) is 214 Å². The van der Waals surface area contributed by atoms with Crippen molar-refractivity contribution >= 4 is 11.6 Å². The second-order valence-electron chi connectivity index (χ2n) is 13.9. The van der Waals surface area contributed by atoms with E-state index < -0.39 is 63.5 Å². The van der Waals surface area contributed by atoms with Crippen LogP contribution < -0.4 is 9.47 Å². The van der Waals surface area contributed by atoms with Crippen molar-refractivity contribution in [2.75, 3.05) is 0 Å². The van der Waals surface area contributed by atoms with Crippen LogP contribution in [0.15, 0.2) is 84.0 Å². The van der Waals surface area contributed by atoms with Crippen molar-refractivity contribution in [3.05, 3.63) is 112 Å². The van der Waals surface area contributed by atoms with Gasteiger partial charge in [0.2, 0.25) is 11.4 Å². The maximum atomic E-state index is 14.8. The molecule has 52 heavy (non-hydrogen) atoms. The maximum Gasteiger partial charge on any atom is 0.286 e. The van der Waals surface area contributed by atoms with Gasteiger partial charge < -0.3 is 50.3 Å². The maximum absolute atomic E-state index is 14.8. The Labute approximate surface area is 297 Å². The number of fused-ring (bicyclic) bond motifs is 4. The lowest BCUT2D eigenvalue weighted by atomic mass is 9.65. The van der Waals surface area contributed by atoms with Gasteiger partial charge in [0.25, 0.3) is 5.79 Å². The van der Waals surface area contributed by atoms with Crippen LogP contribution in [-0.4, -0.2) is 58.0 Å². The van der Waals surface area contributed by atoms with Gasteiger partial charge in [-0.05, 0) is 63.1 Å². The number of Topliss-reactive ketones (excluding diaryl/α,β-unsaturated/α-hetero) is 2. The van der Waals surface area contributed by atoms with Crippen LogP contribution in [0.5, 0.6) is 51.7 Å². The molecule has 0 spiro atoms. The summed E-state index contributed by atoms with van der Waals surface area (Å²) in [4.78, 5) is 29.4. The minimum absolute atomic E-state index is 0.0310. The molecule has 2 heterocycles. The van der Waals surface area contributed by atoms with E-state index in [-0.39, 0.29) is 69.6 Å². The Morgan fingerprint density at radius 3 is 2.15 bits per heavy atom. The van der Waals surface area contributed by atoms with Gasteiger partial charge in [-0.15, -0.1) is 0 Å². The lowest BCUT2D eigenvalue weighted by Gasteiger charge is -2.43. The van der Waals surface area contributed by atoms with E-state index in [2.05, 4.69) is 0 Å². The van der Waals surface area contributed by atoms with Gasteiger partial charge in [0, 0.05) is 54.0 Å². The third-order valence-corrected chi connectivity index (χ3v) is 10.2. The molecule has 0 saturated heterocycles. The highest BCUT2D eigenvalue weighted by atomic mass is 16.7. The number of carbonyl (C=O) groups excluding carboxylic acids is 2. The van der Waals surface area contributed by atoms with Crippen molar-refractivity contribution in [2.45, 2.75) is 56.8 Å². The monoisotopic (exact) mass is 708 g/mol. The summed E-state index contributed by atoms with van der Waals surface area (Å²) in [6, 6.07) is 12.3. The summed E-state index contributed by atoms with van der Waals surface area (Å²) in [5, 5.41) is 87.9. The zero-order valence-electron chi connectivity index (χ0n) is 28.3. The summed E-state index contributed by atoms with van der Waals surface area (Å²) >= 11 is 0. The summed E-state index contributed by atoms with van der Waals surface area (Å²) in [5.74, 6) is -10.6. The van der Waals surface area contributed by atoms with E-state index >= 15 is 0 Å². The van der Waals surface area contributed by atoms with Crippen LogP contribution in [-0.2, 0) is 5.79 Å². The molecule has 12 heteroatoms. The molecule has 7 rings (SSSR count). The molecule has 0 fully saturated rings. The van der Waals surface area contributed by atoms with Crippen LogP contribution >= 0.6 is 0 Å². The van der Waals surface area contributed by atoms with Crippen molar-refractivity contribution in [2.24, 2.45) is 5.92 Å². The average molecular weight is 709 g/mol. The van der Waals surface area contributed by atoms with Gasteiger partial charge in [0.05, 0.1) is 11.1 Å². The number of phenols is 7. The number of phenolic OH excluding ortho intramolecular Hbond substituents is 7. The molecule has 0 saturated carbocycles. The highest BCUT2D eigenvalue weighted by Crippen LogP contribution is 2.60. The van der Waals surface area contributed by atoms with Crippen LogP contribution in [0.2, 0.25) is 0 Å². The van der Waals surface area contributed by atoms with Gasteiger partial charge in [0.15, 0.2) is 5.78 Å². The average Bonchev–Trinajstić information content (AvgIpc) is 3.30. The number of rotatable bonds is 6. The summed E-state index contributed by atoms with van der Waals surface area (Å²) in [6.45, 7) is 5.31. The van der Waals surface area contributed by atoms with E-state index in [0.717, 1.165) is 23.8 Å². The zero-order chi connectivity index (χ0) is 37.4. The smallest absolute Gasteiger partial charge is 0.286 e. The quantitative estimate of drug-likeness (QED) is 0.0824. The number of allylic oxidation sites excluding steroid dienone is 3. The Morgan fingerprint density at radius 1 is 0.827 bits per heavy atom. The van der Waals surface area contributed by atoms with Gasteiger partial charge in [-0.1, -0.05) is 29.4 Å². The Hall–Kier alpha value is -6.14. The molecule has 4 aromatic carbocycles. The van der Waals surface area contributed by atoms with E-state index in [4.69, 9.17) is 9.47 Å². The Kier molecular flexibility index (Phi) is 7.91. The molecule has 3 aliphatic rings. The molecule has 2 unspecified atom stereocenters. The molecule has 0 radical (unpaired) electrons. The van der Waals surface area contributed by atoms with Crippen LogP contribution in [0.1, 0.15) is 82.9 Å². The number of benzene rings is 4. The van der Waals surface area contributed by atoms with Crippen molar-refractivity contribution in [3.8, 4) is 51.7 Å². The normalized spacial score (nSPS) is 24.4. The summed E-state index contributed by atoms with van der Waals surface area (Å²) in [5.41, 5.74) is -1.30. The van der Waals surface area contributed by atoms with Gasteiger partial charge >= 0.3 is 0 Å². The van der Waals surface area contributed by atoms with E-state index in [1.807, 2.05) is 0 Å². The lowest BCUT2D eigenvalue weighted by molar-refractivity contribution is -0.221. The number of aromatic hydroxyl groups is 7. The number of aliphatic hydroxyl groups is 1. The molecule has 8 N–H and O–H groups in total. The first-order chi connectivity index (χ1) is 24.6. The van der Waals surface area contributed by atoms with Gasteiger partial charge in [-0.2, -0.15) is 0 Å². The van der Waals surface area contributed by atoms with E-state index in [9.17, 15) is 50.4 Å². The fourth-order valence-electron chi connectivity index (χ4n) is 7.81. The van der Waals surface area contributed by atoms with Gasteiger partial charge in [-0.3, -0.25) is 9.59 Å². The molecule has 0 amide bonds. The van der Waals surface area contributed by atoms with Crippen LogP contribution in [0.4, 0.5) is 0 Å². The molecule has 2 aliphatic heterocycles. The summed E-state index contributed by atoms with van der Waals surface area (Å²) in [7, 11) is 0. The van der Waals surface area contributed by atoms with Gasteiger partial charge in [0.1, 0.15) is 57.3 Å². The first kappa shape index (κ1) is 34.3. The lowest BCUT2D eigenvalue weighted by Crippen LogP contribution is -2.62. The number of hydrogen-bond acceptors (Lipinski definition) is 12. The molecule has 1 aliphatic carbocycles. The predicted molar refractivity (Wildman–Crippen MR) is 185 cm³/mol. The second kappa shape index (κ2) is 12.0. The van der Waals surface area contributed by atoms with Crippen molar-refractivity contribution in [1.82, 2.24) is 0 Å². The largest absolute Gasteiger partial charge is 0.508 e. The van der Waals surface area contributed by atoms with Crippen LogP contribution in [0.25, 0.3) is 0 Å².